The minimum absolute atomic E-state index is 0.0619. The van der Waals surface area contributed by atoms with Gasteiger partial charge in [0.1, 0.15) is 0 Å². The van der Waals surface area contributed by atoms with Gasteiger partial charge >= 0.3 is 0 Å². The number of hydrogen-bond acceptors (Lipinski definition) is 5. The first-order valence-electron chi connectivity index (χ1n) is 8.19. The van der Waals surface area contributed by atoms with Gasteiger partial charge in [-0.05, 0) is 43.0 Å². The average Bonchev–Trinajstić information content (AvgIpc) is 3.21. The molecule has 2 amide bonds. The minimum atomic E-state index is -0.143. The Bertz CT molecular complexity index is 917. The van der Waals surface area contributed by atoms with Crippen molar-refractivity contribution in [1.82, 2.24) is 4.98 Å². The largest absolute Gasteiger partial charge is 0.326 e. The van der Waals surface area contributed by atoms with Crippen LogP contribution in [0.3, 0.4) is 0 Å². The van der Waals surface area contributed by atoms with Crippen molar-refractivity contribution in [2.45, 2.75) is 26.7 Å². The second-order valence-corrected chi connectivity index (χ2v) is 8.03. The van der Waals surface area contributed by atoms with Crippen LogP contribution in [-0.4, -0.2) is 16.8 Å². The summed E-state index contributed by atoms with van der Waals surface area (Å²) in [6.45, 7) is 3.44. The molecule has 0 unspecified atom stereocenters. The number of hydrogen-bond donors (Lipinski definition) is 2. The highest BCUT2D eigenvalue weighted by Gasteiger charge is 2.14. The molecular weight excluding hydrogens is 366 g/mol. The maximum absolute atomic E-state index is 12.3. The topological polar surface area (TPSA) is 71.1 Å². The lowest BCUT2D eigenvalue weighted by atomic mass is 10.2. The Balaban J connectivity index is 1.62. The van der Waals surface area contributed by atoms with Gasteiger partial charge in [-0.3, -0.25) is 9.59 Å². The van der Waals surface area contributed by atoms with E-state index in [0.29, 0.717) is 24.2 Å². The highest BCUT2D eigenvalue weighted by molar-refractivity contribution is 7.15. The molecule has 0 aliphatic heterocycles. The first-order valence-corrected chi connectivity index (χ1v) is 9.88. The lowest BCUT2D eigenvalue weighted by molar-refractivity contribution is -0.116. The molecular formula is C19H19N3O2S2. The molecule has 134 valence electrons. The number of aromatic nitrogens is 1. The number of amides is 2. The summed E-state index contributed by atoms with van der Waals surface area (Å²) in [5.74, 6) is -0.205. The summed E-state index contributed by atoms with van der Waals surface area (Å²) in [4.78, 5) is 30.3. The van der Waals surface area contributed by atoms with Crippen LogP contribution < -0.4 is 10.6 Å². The molecule has 3 rings (SSSR count). The third-order valence-electron chi connectivity index (χ3n) is 3.60. The summed E-state index contributed by atoms with van der Waals surface area (Å²) in [7, 11) is 0. The molecule has 3 aromatic rings. The van der Waals surface area contributed by atoms with Crippen LogP contribution in [0.4, 0.5) is 11.4 Å². The van der Waals surface area contributed by atoms with Gasteiger partial charge in [-0.1, -0.05) is 12.1 Å². The van der Waals surface area contributed by atoms with Crippen molar-refractivity contribution < 1.29 is 9.59 Å². The van der Waals surface area contributed by atoms with Crippen LogP contribution >= 0.6 is 22.7 Å². The maximum Gasteiger partial charge on any atom is 0.224 e. The second kappa shape index (κ2) is 8.25. The van der Waals surface area contributed by atoms with Crippen molar-refractivity contribution in [2.24, 2.45) is 0 Å². The molecule has 0 aliphatic carbocycles. The molecule has 0 spiro atoms. The summed E-state index contributed by atoms with van der Waals surface area (Å²) in [6, 6.07) is 11.2. The van der Waals surface area contributed by atoms with Crippen molar-refractivity contribution in [3.05, 3.63) is 51.7 Å². The molecule has 0 fully saturated rings. The normalized spacial score (nSPS) is 10.5. The summed E-state index contributed by atoms with van der Waals surface area (Å²) in [5, 5.41) is 8.63. The van der Waals surface area contributed by atoms with E-state index < -0.39 is 0 Å². The van der Waals surface area contributed by atoms with Crippen LogP contribution in [0.25, 0.3) is 10.6 Å². The van der Waals surface area contributed by atoms with Gasteiger partial charge in [-0.2, -0.15) is 0 Å². The molecule has 0 radical (unpaired) electrons. The van der Waals surface area contributed by atoms with Crippen LogP contribution in [-0.2, 0) is 16.0 Å². The summed E-state index contributed by atoms with van der Waals surface area (Å²) in [6.07, 6.45) is 1.03. The van der Waals surface area contributed by atoms with Crippen LogP contribution in [0.1, 0.15) is 23.2 Å². The molecule has 2 N–H and O–H groups in total. The Labute approximate surface area is 160 Å². The molecule has 0 aliphatic rings. The fourth-order valence-electron chi connectivity index (χ4n) is 2.57. The number of nitrogens with one attached hydrogen (secondary N) is 2. The zero-order chi connectivity index (χ0) is 18.5. The highest BCUT2D eigenvalue weighted by atomic mass is 32.1. The third kappa shape index (κ3) is 4.77. The van der Waals surface area contributed by atoms with E-state index in [9.17, 15) is 9.59 Å². The van der Waals surface area contributed by atoms with Gasteiger partial charge in [0.2, 0.25) is 11.8 Å². The van der Waals surface area contributed by atoms with E-state index in [1.807, 2.05) is 18.4 Å². The van der Waals surface area contributed by atoms with Crippen molar-refractivity contribution in [1.29, 1.82) is 0 Å². The van der Waals surface area contributed by atoms with E-state index in [2.05, 4.69) is 21.7 Å². The van der Waals surface area contributed by atoms with Gasteiger partial charge in [0.15, 0.2) is 0 Å². The Morgan fingerprint density at radius 1 is 1.12 bits per heavy atom. The average molecular weight is 386 g/mol. The highest BCUT2D eigenvalue weighted by Crippen LogP contribution is 2.32. The predicted molar refractivity (Wildman–Crippen MR) is 108 cm³/mol. The maximum atomic E-state index is 12.3. The fourth-order valence-corrected chi connectivity index (χ4v) is 4.33. The summed E-state index contributed by atoms with van der Waals surface area (Å²) < 4.78 is 0. The van der Waals surface area contributed by atoms with Gasteiger partial charge in [0, 0.05) is 29.6 Å². The van der Waals surface area contributed by atoms with Gasteiger partial charge in [-0.25, -0.2) is 4.98 Å². The number of rotatable bonds is 6. The molecule has 0 saturated carbocycles. The molecule has 0 saturated heterocycles. The molecule has 26 heavy (non-hydrogen) atoms. The van der Waals surface area contributed by atoms with Gasteiger partial charge < -0.3 is 10.6 Å². The second-order valence-electron chi connectivity index (χ2n) is 5.79. The Hall–Kier alpha value is -2.51. The van der Waals surface area contributed by atoms with E-state index in [0.717, 1.165) is 20.5 Å². The minimum Gasteiger partial charge on any atom is -0.326 e. The summed E-state index contributed by atoms with van der Waals surface area (Å²) in [5.41, 5.74) is 2.32. The number of thiazole rings is 1. The van der Waals surface area contributed by atoms with Gasteiger partial charge in [0.05, 0.1) is 15.6 Å². The van der Waals surface area contributed by atoms with Gasteiger partial charge in [0.25, 0.3) is 0 Å². The first-order chi connectivity index (χ1) is 12.5. The van der Waals surface area contributed by atoms with E-state index in [1.54, 1.807) is 46.9 Å². The lowest BCUT2D eigenvalue weighted by Crippen LogP contribution is -2.13. The SMILES string of the molecule is CC(=O)Nc1cccc(NC(=O)CCc2sc(C)nc2-c2cccs2)c1. The predicted octanol–water partition coefficient (Wildman–Crippen LogP) is 4.71. The molecule has 2 heterocycles. The molecule has 0 bridgehead atoms. The van der Waals surface area contributed by atoms with Gasteiger partial charge in [-0.15, -0.1) is 22.7 Å². The summed E-state index contributed by atoms with van der Waals surface area (Å²) >= 11 is 3.29. The number of thiophene rings is 1. The van der Waals surface area contributed by atoms with E-state index in [4.69, 9.17) is 0 Å². The Morgan fingerprint density at radius 3 is 2.58 bits per heavy atom. The van der Waals surface area contributed by atoms with Crippen LogP contribution in [0.5, 0.6) is 0 Å². The zero-order valence-corrected chi connectivity index (χ0v) is 16.2. The molecule has 0 atom stereocenters. The zero-order valence-electron chi connectivity index (χ0n) is 14.5. The monoisotopic (exact) mass is 385 g/mol. The fraction of sp³-hybridized carbons (Fsp3) is 0.211. The molecule has 7 heteroatoms. The quantitative estimate of drug-likeness (QED) is 0.645. The Kier molecular flexibility index (Phi) is 5.80. The van der Waals surface area contributed by atoms with E-state index in [-0.39, 0.29) is 11.8 Å². The van der Waals surface area contributed by atoms with Crippen LogP contribution in [0.2, 0.25) is 0 Å². The van der Waals surface area contributed by atoms with E-state index >= 15 is 0 Å². The number of aryl methyl sites for hydroxylation is 2. The third-order valence-corrected chi connectivity index (χ3v) is 5.51. The Morgan fingerprint density at radius 2 is 1.88 bits per heavy atom. The van der Waals surface area contributed by atoms with Crippen LogP contribution in [0.15, 0.2) is 41.8 Å². The molecule has 2 aromatic heterocycles. The molecule has 1 aromatic carbocycles. The van der Waals surface area contributed by atoms with Crippen molar-refractivity contribution in [2.75, 3.05) is 10.6 Å². The van der Waals surface area contributed by atoms with Crippen molar-refractivity contribution in [3.63, 3.8) is 0 Å². The number of benzene rings is 1. The number of anilines is 2. The number of carbonyl (C=O) groups is 2. The van der Waals surface area contributed by atoms with E-state index in [1.165, 1.54) is 6.92 Å². The van der Waals surface area contributed by atoms with Crippen molar-refractivity contribution in [3.8, 4) is 10.6 Å². The standard InChI is InChI=1S/C19H19N3O2S2/c1-12(23)20-14-5-3-6-15(11-14)22-18(24)9-8-17-19(21-13(2)26-17)16-7-4-10-25-16/h3-7,10-11H,8-9H2,1-2H3,(H,20,23)(H,22,24). The number of carbonyl (C=O) groups excluding carboxylic acids is 2. The van der Waals surface area contributed by atoms with Crippen LogP contribution in [0, 0.1) is 6.92 Å². The number of nitrogens with zero attached hydrogens (tertiary/aromatic N) is 1. The lowest BCUT2D eigenvalue weighted by Gasteiger charge is -2.08. The molecule has 5 nitrogen and oxygen atoms in total. The smallest absolute Gasteiger partial charge is 0.224 e. The first kappa shape index (κ1) is 18.3. The van der Waals surface area contributed by atoms with Crippen molar-refractivity contribution >= 4 is 45.9 Å².